The van der Waals surface area contributed by atoms with E-state index in [4.69, 9.17) is 29.4 Å². The molecule has 4 heterocycles. The van der Waals surface area contributed by atoms with Crippen LogP contribution in [0.15, 0.2) is 60.8 Å². The van der Waals surface area contributed by atoms with E-state index >= 15 is 0 Å². The highest BCUT2D eigenvalue weighted by atomic mass is 19.1. The number of hydrogen-bond donors (Lipinski definition) is 6. The number of nitrogen functional groups attached to an aromatic ring is 1. The van der Waals surface area contributed by atoms with Crippen molar-refractivity contribution in [2.24, 2.45) is 5.41 Å². The summed E-state index contributed by atoms with van der Waals surface area (Å²) < 4.78 is 44.6. The molecule has 2 bridgehead atoms. The molecule has 6 rings (SSSR count). The van der Waals surface area contributed by atoms with Crippen molar-refractivity contribution < 1.29 is 56.8 Å². The maximum atomic E-state index is 14.5. The molecule has 4 aromatic rings. The predicted octanol–water partition coefficient (Wildman–Crippen LogP) is 3.72. The van der Waals surface area contributed by atoms with E-state index in [2.05, 4.69) is 42.7 Å². The van der Waals surface area contributed by atoms with Gasteiger partial charge >= 0.3 is 0 Å². The third kappa shape index (κ3) is 17.5. The molecule has 23 nitrogen and oxygen atoms in total. The van der Waals surface area contributed by atoms with E-state index in [0.29, 0.717) is 42.0 Å². The molecular formula is C58H79FN12O11. The van der Waals surface area contributed by atoms with Crippen LogP contribution in [-0.2, 0) is 56.0 Å². The van der Waals surface area contributed by atoms with Gasteiger partial charge in [0, 0.05) is 67.5 Å². The Bertz CT molecular complexity index is 2880. The minimum absolute atomic E-state index is 0.0130. The van der Waals surface area contributed by atoms with Gasteiger partial charge < -0.3 is 65.8 Å². The normalized spacial score (nSPS) is 17.2. The van der Waals surface area contributed by atoms with Crippen LogP contribution >= 0.6 is 0 Å². The molecular weight excluding hydrogens is 1060 g/mol. The minimum atomic E-state index is -0.940. The molecule has 2 aliphatic rings. The number of likely N-dealkylation sites (N-methyl/N-ethyl adjacent to an activating group) is 1. The van der Waals surface area contributed by atoms with E-state index in [9.17, 15) is 38.4 Å². The number of nitrogens with one attached hydrogen (secondary N) is 5. The first-order chi connectivity index (χ1) is 39.2. The number of halogens is 1. The topological polar surface area (TPSA) is 296 Å². The van der Waals surface area contributed by atoms with Crippen molar-refractivity contribution in [3.05, 3.63) is 94.7 Å². The number of rotatable bonds is 27. The third-order valence-corrected chi connectivity index (χ3v) is 14.2. The maximum absolute atomic E-state index is 14.5. The maximum Gasteiger partial charge on any atom is 0.254 e. The monoisotopic (exact) mass is 1140 g/mol. The zero-order chi connectivity index (χ0) is 59.5. The average Bonchev–Trinajstić information content (AvgIpc) is 4.26. The number of nitriles is 1. The second kappa shape index (κ2) is 30.5. The van der Waals surface area contributed by atoms with E-state index in [1.807, 2.05) is 58.0 Å². The Morgan fingerprint density at radius 1 is 0.927 bits per heavy atom. The number of likely N-dealkylation sites (tertiary alicyclic amines) is 1. The van der Waals surface area contributed by atoms with Gasteiger partial charge in [-0.3, -0.25) is 33.4 Å². The second-order valence-electron chi connectivity index (χ2n) is 21.3. The van der Waals surface area contributed by atoms with E-state index in [1.165, 1.54) is 34.2 Å². The Hall–Kier alpha value is -7.56. The van der Waals surface area contributed by atoms with Gasteiger partial charge in [-0.2, -0.15) is 10.4 Å². The Kier molecular flexibility index (Phi) is 23.6. The summed E-state index contributed by atoms with van der Waals surface area (Å²) in [5, 5.41) is 29.4. The third-order valence-electron chi connectivity index (χ3n) is 14.2. The lowest BCUT2D eigenvalue weighted by molar-refractivity contribution is -0.144. The van der Waals surface area contributed by atoms with Gasteiger partial charge in [0.25, 0.3) is 5.91 Å². The van der Waals surface area contributed by atoms with Crippen LogP contribution in [0.25, 0.3) is 11.1 Å². The zero-order valence-corrected chi connectivity index (χ0v) is 48.2. The number of nitrogens with zero attached hydrogens (tertiary/aromatic N) is 6. The molecule has 1 saturated heterocycles. The molecule has 6 amide bonds. The minimum Gasteiger partial charge on any atom is -0.482 e. The fraction of sp³-hybridized carbons (Fsp3) is 0.534. The molecule has 7 N–H and O–H groups in total. The van der Waals surface area contributed by atoms with Gasteiger partial charge in [0.15, 0.2) is 17.3 Å². The van der Waals surface area contributed by atoms with E-state index in [0.717, 1.165) is 5.56 Å². The molecule has 2 aromatic heterocycles. The molecule has 444 valence electrons. The number of amides is 6. The fourth-order valence-electron chi connectivity index (χ4n) is 9.53. The van der Waals surface area contributed by atoms with Gasteiger partial charge in [0.1, 0.15) is 30.1 Å². The lowest BCUT2D eigenvalue weighted by Crippen LogP contribution is -2.59. The van der Waals surface area contributed by atoms with Crippen LogP contribution in [0.5, 0.6) is 5.75 Å². The number of aromatic nitrogens is 3. The molecule has 6 atom stereocenters. The van der Waals surface area contributed by atoms with Gasteiger partial charge in [0.05, 0.1) is 83.7 Å². The molecule has 0 saturated carbocycles. The van der Waals surface area contributed by atoms with E-state index in [-0.39, 0.29) is 138 Å². The molecule has 82 heavy (non-hydrogen) atoms. The standard InChI is InChI=1S/C58H79FN12O11/c1-9-44(38-13-11-10-12-14-38)66-55(75)46-31-41(34-70(46)57(77)52(58(4,5)6)67-54(74)36(2)62-7)65-50(73)18-22-79-24-26-81-28-27-80-25-23-78-21-17-49(72)63-19-20-71-47-35-69(8)56(76)42-16-15-40(59)30-43(42)37(3)82-48-29-39(33-64-53(48)61)51(47)45(32-60)68-71/h10-16,29-30,33,36-37,41,44,46,52,62H,9,17-28,31,34-35H2,1-8H3,(H2,61,64)(H,63,72)(H,65,73)(H,66,75)(H,67,74)/t36-,37+,41-,44+,46-,52+/m0/s1. The first-order valence-electron chi connectivity index (χ1n) is 27.7. The number of nitrogens with two attached hydrogens (primary N) is 1. The van der Waals surface area contributed by atoms with E-state index in [1.54, 1.807) is 38.7 Å². The lowest BCUT2D eigenvalue weighted by atomic mass is 9.85. The summed E-state index contributed by atoms with van der Waals surface area (Å²) in [6.07, 6.45) is 1.64. The Labute approximate surface area is 478 Å². The first kappa shape index (κ1) is 63.6. The lowest BCUT2D eigenvalue weighted by Gasteiger charge is -2.36. The summed E-state index contributed by atoms with van der Waals surface area (Å²) in [6, 6.07) is 14.0. The Morgan fingerprint density at radius 2 is 1.57 bits per heavy atom. The molecule has 1 fully saturated rings. The van der Waals surface area contributed by atoms with Gasteiger partial charge in [0.2, 0.25) is 29.5 Å². The first-order valence-corrected chi connectivity index (χ1v) is 27.7. The van der Waals surface area contributed by atoms with Gasteiger partial charge in [-0.15, -0.1) is 0 Å². The number of benzene rings is 2. The number of fused-ring (bicyclic) bond motifs is 5. The quantitative estimate of drug-likeness (QED) is 0.0464. The molecule has 0 radical (unpaired) electrons. The summed E-state index contributed by atoms with van der Waals surface area (Å²) in [4.78, 5) is 88.3. The summed E-state index contributed by atoms with van der Waals surface area (Å²) in [7, 11) is 3.25. The van der Waals surface area contributed by atoms with Gasteiger partial charge in [-0.25, -0.2) is 9.37 Å². The van der Waals surface area contributed by atoms with Crippen molar-refractivity contribution in [3.8, 4) is 22.9 Å². The van der Waals surface area contributed by atoms with Crippen molar-refractivity contribution in [3.63, 3.8) is 0 Å². The number of hydrogen-bond acceptors (Lipinski definition) is 16. The summed E-state index contributed by atoms with van der Waals surface area (Å²) in [5.74, 6) is -2.36. The van der Waals surface area contributed by atoms with Crippen LogP contribution in [0.3, 0.4) is 0 Å². The molecule has 2 aromatic carbocycles. The average molecular weight is 1140 g/mol. The van der Waals surface area contributed by atoms with Crippen LogP contribution in [0.2, 0.25) is 0 Å². The summed E-state index contributed by atoms with van der Waals surface area (Å²) >= 11 is 0. The summed E-state index contributed by atoms with van der Waals surface area (Å²) in [6.45, 7) is 13.2. The van der Waals surface area contributed by atoms with Crippen molar-refractivity contribution in [2.75, 3.05) is 85.8 Å². The Balaban J connectivity index is 0.865. The zero-order valence-electron chi connectivity index (χ0n) is 48.2. The number of carbonyl (C=O) groups is 6. The smallest absolute Gasteiger partial charge is 0.254 e. The predicted molar refractivity (Wildman–Crippen MR) is 301 cm³/mol. The highest BCUT2D eigenvalue weighted by molar-refractivity contribution is 5.96. The number of anilines is 1. The van der Waals surface area contributed by atoms with Crippen LogP contribution in [0, 0.1) is 22.6 Å². The van der Waals surface area contributed by atoms with Crippen molar-refractivity contribution in [2.45, 2.75) is 117 Å². The number of pyridine rings is 1. The van der Waals surface area contributed by atoms with Crippen LogP contribution in [0.4, 0.5) is 10.2 Å². The highest BCUT2D eigenvalue weighted by Gasteiger charge is 2.46. The molecule has 0 spiro atoms. The summed E-state index contributed by atoms with van der Waals surface area (Å²) in [5.41, 5.74) is 8.44. The highest BCUT2D eigenvalue weighted by Crippen LogP contribution is 2.36. The van der Waals surface area contributed by atoms with E-state index < -0.39 is 53.3 Å². The number of carbonyl (C=O) groups excluding carboxylic acids is 6. The van der Waals surface area contributed by atoms with Gasteiger partial charge in [-0.05, 0) is 69.0 Å². The second-order valence-corrected chi connectivity index (χ2v) is 21.3. The molecule has 24 heteroatoms. The van der Waals surface area contributed by atoms with Gasteiger partial charge in [-0.1, -0.05) is 58.0 Å². The van der Waals surface area contributed by atoms with Crippen LogP contribution in [0.1, 0.15) is 112 Å². The fourth-order valence-corrected chi connectivity index (χ4v) is 9.53. The van der Waals surface area contributed by atoms with Crippen molar-refractivity contribution in [1.82, 2.24) is 51.1 Å². The van der Waals surface area contributed by atoms with Crippen molar-refractivity contribution >= 4 is 41.3 Å². The molecule has 2 aliphatic heterocycles. The largest absolute Gasteiger partial charge is 0.482 e. The van der Waals surface area contributed by atoms with Crippen LogP contribution in [-0.4, -0.2) is 164 Å². The Morgan fingerprint density at radius 3 is 2.20 bits per heavy atom. The van der Waals surface area contributed by atoms with Crippen LogP contribution < -0.4 is 37.1 Å². The SMILES string of the molecule is CC[C@@H](NC(=O)[C@@H]1C[C@H](NC(=O)CCOCCOCCOCCOCCC(=O)NCCn2nc(C#N)c3c2CN(C)C(=O)c2ccc(F)cc2[C@@H](C)Oc2cc-3cnc2N)CN1C(=O)[C@@H](NC(=O)[C@H](C)NC)C(C)(C)C)c1ccccc1. The van der Waals surface area contributed by atoms with Crippen molar-refractivity contribution in [1.29, 1.82) is 5.26 Å². The molecule has 0 unspecified atom stereocenters. The molecule has 0 aliphatic carbocycles. The number of ether oxygens (including phenoxy) is 5.